The van der Waals surface area contributed by atoms with Gasteiger partial charge in [0.1, 0.15) is 23.3 Å². The van der Waals surface area contributed by atoms with Gasteiger partial charge < -0.3 is 36.3 Å². The van der Waals surface area contributed by atoms with Crippen LogP contribution in [0.25, 0.3) is 0 Å². The molecule has 2 aromatic heterocycles. The molecule has 0 saturated carbocycles. The molecule has 0 aliphatic carbocycles. The van der Waals surface area contributed by atoms with Gasteiger partial charge in [-0.25, -0.2) is 9.97 Å². The molecular weight excluding hydrogens is 508 g/mol. The van der Waals surface area contributed by atoms with E-state index in [-0.39, 0.29) is 42.8 Å². The minimum atomic E-state index is -0.360. The number of hydrogen-bond acceptors (Lipinski definition) is 11. The van der Waals surface area contributed by atoms with E-state index in [0.29, 0.717) is 18.1 Å². The van der Waals surface area contributed by atoms with Gasteiger partial charge in [0.2, 0.25) is 5.95 Å². The molecule has 3 heterocycles. The first-order valence-corrected chi connectivity index (χ1v) is 13.2. The zero-order valence-corrected chi connectivity index (χ0v) is 23.1. The van der Waals surface area contributed by atoms with Gasteiger partial charge in [-0.2, -0.15) is 9.97 Å². The molecular formula is C28H38N10O2. The lowest BCUT2D eigenvalue weighted by atomic mass is 10.1. The Morgan fingerprint density at radius 1 is 1.23 bits per heavy atom. The highest BCUT2D eigenvalue weighted by Crippen LogP contribution is 2.25. The predicted molar refractivity (Wildman–Crippen MR) is 160 cm³/mol. The normalized spacial score (nSPS) is 13.9. The molecule has 0 bridgehead atoms. The van der Waals surface area contributed by atoms with E-state index < -0.39 is 0 Å². The summed E-state index contributed by atoms with van der Waals surface area (Å²) in [5, 5.41) is 20.2. The SMILES string of the molecule is C=CCNC(=O)c1cnc(Nc2ccc(NC(C)C)c(C=N)c2)nc1Nc1ccnc(OC2CCN(C)CC2)n1.[HH]. The van der Waals surface area contributed by atoms with Crippen LogP contribution < -0.4 is 26.0 Å². The molecule has 1 amide bonds. The average Bonchev–Trinajstić information content (AvgIpc) is 2.94. The molecule has 12 nitrogen and oxygen atoms in total. The summed E-state index contributed by atoms with van der Waals surface area (Å²) in [6.07, 6.45) is 7.78. The van der Waals surface area contributed by atoms with Gasteiger partial charge in [0.15, 0.2) is 0 Å². The van der Waals surface area contributed by atoms with Crippen LogP contribution >= 0.6 is 0 Å². The van der Waals surface area contributed by atoms with Crippen molar-refractivity contribution in [1.82, 2.24) is 30.2 Å². The number of likely N-dealkylation sites (tertiary alicyclic amines) is 1. The van der Waals surface area contributed by atoms with Gasteiger partial charge in [-0.05, 0) is 58.0 Å². The Labute approximate surface area is 235 Å². The van der Waals surface area contributed by atoms with E-state index in [1.54, 1.807) is 18.3 Å². The Balaban J connectivity index is 0.00000462. The third kappa shape index (κ3) is 7.73. The van der Waals surface area contributed by atoms with E-state index in [1.165, 1.54) is 12.4 Å². The summed E-state index contributed by atoms with van der Waals surface area (Å²) >= 11 is 0. The number of carbonyl (C=O) groups excluding carboxylic acids is 1. The summed E-state index contributed by atoms with van der Waals surface area (Å²) in [5.41, 5.74) is 2.50. The summed E-state index contributed by atoms with van der Waals surface area (Å²) in [5.74, 6) is 0.588. The lowest BCUT2D eigenvalue weighted by Gasteiger charge is -2.28. The van der Waals surface area contributed by atoms with Crippen molar-refractivity contribution in [3.63, 3.8) is 0 Å². The highest BCUT2D eigenvalue weighted by Gasteiger charge is 2.20. The molecule has 1 aromatic carbocycles. The van der Waals surface area contributed by atoms with Crippen molar-refractivity contribution < 1.29 is 11.0 Å². The standard InChI is InChI=1S/C28H36N10O2.H2/c1-5-11-30-26(39)22-17-32-27(34-20-6-7-23(33-18(2)3)19(15-20)16-29)37-25(22)35-24-8-12-31-28(36-24)40-21-9-13-38(4)14-10-21;/h5-8,12,15-18,21,29,33H,1,9-11,13-14H2,2-4H3,(H,30,39)(H2,31,32,34,35,36,37);1H. The fourth-order valence-electron chi connectivity index (χ4n) is 4.14. The Hall–Kier alpha value is -4.58. The van der Waals surface area contributed by atoms with E-state index in [4.69, 9.17) is 10.1 Å². The van der Waals surface area contributed by atoms with Crippen molar-refractivity contribution in [2.24, 2.45) is 0 Å². The molecule has 0 spiro atoms. The van der Waals surface area contributed by atoms with Crippen LogP contribution in [0.4, 0.5) is 29.0 Å². The van der Waals surface area contributed by atoms with Crippen molar-refractivity contribution in [3.8, 4) is 6.01 Å². The van der Waals surface area contributed by atoms with Gasteiger partial charge in [0, 0.05) is 62.6 Å². The quantitative estimate of drug-likeness (QED) is 0.165. The number of nitrogens with zero attached hydrogens (tertiary/aromatic N) is 5. The maximum absolute atomic E-state index is 12.9. The van der Waals surface area contributed by atoms with Crippen LogP contribution in [-0.2, 0) is 0 Å². The third-order valence-corrected chi connectivity index (χ3v) is 6.17. The van der Waals surface area contributed by atoms with E-state index in [0.717, 1.165) is 37.2 Å². The highest BCUT2D eigenvalue weighted by atomic mass is 16.5. The van der Waals surface area contributed by atoms with Crippen LogP contribution in [-0.4, -0.2) is 75.8 Å². The molecule has 12 heteroatoms. The zero-order valence-electron chi connectivity index (χ0n) is 23.1. The second kappa shape index (κ2) is 13.5. The molecule has 0 unspecified atom stereocenters. The molecule has 1 aliphatic rings. The van der Waals surface area contributed by atoms with E-state index in [1.807, 2.05) is 32.0 Å². The number of amides is 1. The lowest BCUT2D eigenvalue weighted by Crippen LogP contribution is -2.35. The first-order chi connectivity index (χ1) is 19.3. The Morgan fingerprint density at radius 2 is 2.02 bits per heavy atom. The monoisotopic (exact) mass is 546 g/mol. The molecule has 1 saturated heterocycles. The Morgan fingerprint density at radius 3 is 2.75 bits per heavy atom. The van der Waals surface area contributed by atoms with Gasteiger partial charge in [-0.15, -0.1) is 6.58 Å². The molecule has 3 aromatic rings. The van der Waals surface area contributed by atoms with Crippen LogP contribution in [0.3, 0.4) is 0 Å². The molecule has 4 rings (SSSR count). The Kier molecular flexibility index (Phi) is 9.57. The maximum Gasteiger partial charge on any atom is 0.318 e. The molecule has 0 atom stereocenters. The van der Waals surface area contributed by atoms with Crippen LogP contribution in [0.2, 0.25) is 0 Å². The fraction of sp³-hybridized carbons (Fsp3) is 0.357. The first-order valence-electron chi connectivity index (χ1n) is 13.2. The predicted octanol–water partition coefficient (Wildman–Crippen LogP) is 4.21. The van der Waals surface area contributed by atoms with Crippen LogP contribution in [0.15, 0.2) is 49.3 Å². The van der Waals surface area contributed by atoms with Crippen LogP contribution in [0.5, 0.6) is 6.01 Å². The van der Waals surface area contributed by atoms with Crippen LogP contribution in [0.1, 0.15) is 44.0 Å². The largest absolute Gasteiger partial charge is 0.460 e. The summed E-state index contributed by atoms with van der Waals surface area (Å²) in [6.45, 7) is 9.94. The molecule has 1 fully saturated rings. The first kappa shape index (κ1) is 28.4. The topological polar surface area (TPSA) is 153 Å². The molecule has 5 N–H and O–H groups in total. The number of piperidine rings is 1. The summed E-state index contributed by atoms with van der Waals surface area (Å²) in [6, 6.07) is 7.77. The van der Waals surface area contributed by atoms with Gasteiger partial charge >= 0.3 is 6.01 Å². The van der Waals surface area contributed by atoms with Crippen LogP contribution in [0, 0.1) is 5.41 Å². The second-order valence-corrected chi connectivity index (χ2v) is 9.79. The molecule has 40 heavy (non-hydrogen) atoms. The van der Waals surface area contributed by atoms with Gasteiger partial charge in [0.05, 0.1) is 0 Å². The number of carbonyl (C=O) groups is 1. The van der Waals surface area contributed by atoms with Crippen molar-refractivity contribution in [1.29, 1.82) is 5.41 Å². The van der Waals surface area contributed by atoms with Crippen molar-refractivity contribution in [2.45, 2.75) is 38.8 Å². The molecule has 1 aliphatic heterocycles. The van der Waals surface area contributed by atoms with Crippen molar-refractivity contribution in [2.75, 3.05) is 42.6 Å². The molecule has 0 radical (unpaired) electrons. The minimum absolute atomic E-state index is 0. The van der Waals surface area contributed by atoms with E-state index >= 15 is 0 Å². The summed E-state index contributed by atoms with van der Waals surface area (Å²) in [4.78, 5) is 32.8. The second-order valence-electron chi connectivity index (χ2n) is 9.79. The number of rotatable bonds is 12. The smallest absolute Gasteiger partial charge is 0.318 e. The number of nitrogens with one attached hydrogen (secondary N) is 5. The lowest BCUT2D eigenvalue weighted by molar-refractivity contribution is 0.0958. The summed E-state index contributed by atoms with van der Waals surface area (Å²) in [7, 11) is 2.09. The number of anilines is 5. The fourth-order valence-corrected chi connectivity index (χ4v) is 4.14. The van der Waals surface area contributed by atoms with E-state index in [9.17, 15) is 4.79 Å². The number of hydrogen-bond donors (Lipinski definition) is 5. The van der Waals surface area contributed by atoms with Crippen molar-refractivity contribution in [3.05, 3.63) is 60.4 Å². The van der Waals surface area contributed by atoms with Gasteiger partial charge in [0.25, 0.3) is 5.91 Å². The van der Waals surface area contributed by atoms with Gasteiger partial charge in [-0.1, -0.05) is 6.08 Å². The highest BCUT2D eigenvalue weighted by molar-refractivity contribution is 5.99. The third-order valence-electron chi connectivity index (χ3n) is 6.17. The number of ether oxygens (including phenoxy) is 1. The number of aromatic nitrogens is 4. The average molecular weight is 547 g/mol. The zero-order chi connectivity index (χ0) is 28.5. The Bertz CT molecular complexity index is 1350. The molecule has 212 valence electrons. The summed E-state index contributed by atoms with van der Waals surface area (Å²) < 4.78 is 6.02. The number of benzene rings is 1. The van der Waals surface area contributed by atoms with E-state index in [2.05, 4.69) is 59.7 Å². The van der Waals surface area contributed by atoms with Crippen molar-refractivity contribution >= 4 is 41.1 Å². The van der Waals surface area contributed by atoms with Gasteiger partial charge in [-0.3, -0.25) is 4.79 Å². The minimum Gasteiger partial charge on any atom is -0.460 e. The maximum atomic E-state index is 12.9.